The van der Waals surface area contributed by atoms with Gasteiger partial charge in [-0.25, -0.2) is 8.42 Å². The number of rotatable bonds is 6. The minimum absolute atomic E-state index is 0.0356. The summed E-state index contributed by atoms with van der Waals surface area (Å²) in [6.45, 7) is 6.25. The Bertz CT molecular complexity index is 491. The highest BCUT2D eigenvalue weighted by molar-refractivity contribution is 7.89. The minimum atomic E-state index is -3.55. The van der Waals surface area contributed by atoms with Gasteiger partial charge >= 0.3 is 0 Å². The van der Waals surface area contributed by atoms with E-state index in [1.54, 1.807) is 20.0 Å². The molecule has 17 heavy (non-hydrogen) atoms. The molecule has 0 atom stereocenters. The monoisotopic (exact) mass is 258 g/mol. The zero-order valence-corrected chi connectivity index (χ0v) is 11.2. The third-order valence-electron chi connectivity index (χ3n) is 2.15. The summed E-state index contributed by atoms with van der Waals surface area (Å²) in [5.74, 6) is 0.592. The molecule has 0 amide bonds. The average molecular weight is 258 g/mol. The lowest BCUT2D eigenvalue weighted by atomic mass is 10.4. The van der Waals surface area contributed by atoms with Crippen molar-refractivity contribution >= 4 is 10.0 Å². The lowest BCUT2D eigenvalue weighted by Crippen LogP contribution is -2.28. The quantitative estimate of drug-likeness (QED) is 0.779. The number of likely N-dealkylation sites (N-methyl/N-ethyl adjacent to an activating group) is 1. The van der Waals surface area contributed by atoms with E-state index < -0.39 is 10.0 Å². The first-order valence-electron chi connectivity index (χ1n) is 5.22. The predicted octanol–water partition coefficient (Wildman–Crippen LogP) is 1.20. The van der Waals surface area contributed by atoms with E-state index in [0.29, 0.717) is 12.3 Å². The minimum Gasteiger partial charge on any atom is -0.447 e. The van der Waals surface area contributed by atoms with Crippen LogP contribution in [0.5, 0.6) is 0 Å². The number of furan rings is 1. The standard InChI is InChI=1S/C11H18N2O3S/c1-9(2)8-13(4)17(14,15)11-6-5-10(16-11)7-12-3/h5-6,12H,1,7-8H2,2-4H3. The number of nitrogens with zero attached hydrogens (tertiary/aromatic N) is 1. The molecule has 0 bridgehead atoms. The second-order valence-electron chi connectivity index (χ2n) is 3.97. The van der Waals surface area contributed by atoms with Gasteiger partial charge in [0, 0.05) is 13.6 Å². The molecule has 1 aromatic rings. The van der Waals surface area contributed by atoms with Gasteiger partial charge in [0.2, 0.25) is 5.09 Å². The molecule has 0 aliphatic rings. The Hall–Kier alpha value is -1.11. The van der Waals surface area contributed by atoms with E-state index in [1.165, 1.54) is 17.4 Å². The molecule has 1 N–H and O–H groups in total. The third-order valence-corrected chi connectivity index (χ3v) is 3.82. The Kier molecular flexibility index (Phi) is 4.50. The van der Waals surface area contributed by atoms with Gasteiger partial charge in [-0.05, 0) is 26.1 Å². The Morgan fingerprint density at radius 1 is 1.53 bits per heavy atom. The predicted molar refractivity (Wildman–Crippen MR) is 66.1 cm³/mol. The van der Waals surface area contributed by atoms with Crippen molar-refractivity contribution in [3.8, 4) is 0 Å². The molecule has 0 unspecified atom stereocenters. The van der Waals surface area contributed by atoms with Gasteiger partial charge in [-0.3, -0.25) is 0 Å². The van der Waals surface area contributed by atoms with Crippen LogP contribution in [0.2, 0.25) is 0 Å². The molecule has 0 spiro atoms. The van der Waals surface area contributed by atoms with Crippen LogP contribution in [0.1, 0.15) is 12.7 Å². The highest BCUT2D eigenvalue weighted by atomic mass is 32.2. The number of sulfonamides is 1. The topological polar surface area (TPSA) is 62.6 Å². The molecule has 0 aliphatic heterocycles. The van der Waals surface area contributed by atoms with Gasteiger partial charge in [0.1, 0.15) is 5.76 Å². The fourth-order valence-corrected chi connectivity index (χ4v) is 2.53. The molecule has 6 heteroatoms. The molecular weight excluding hydrogens is 240 g/mol. The summed E-state index contributed by atoms with van der Waals surface area (Å²) in [5.41, 5.74) is 0.776. The van der Waals surface area contributed by atoms with Crippen LogP contribution in [0.25, 0.3) is 0 Å². The normalized spacial score (nSPS) is 12.0. The average Bonchev–Trinajstić information content (AvgIpc) is 2.66. The van der Waals surface area contributed by atoms with Gasteiger partial charge in [0.15, 0.2) is 0 Å². The van der Waals surface area contributed by atoms with Crippen molar-refractivity contribution in [2.75, 3.05) is 20.6 Å². The van der Waals surface area contributed by atoms with Crippen LogP contribution < -0.4 is 5.32 Å². The molecule has 0 radical (unpaired) electrons. The zero-order valence-electron chi connectivity index (χ0n) is 10.4. The summed E-state index contributed by atoms with van der Waals surface area (Å²) in [6, 6.07) is 3.12. The van der Waals surface area contributed by atoms with Crippen LogP contribution in [-0.4, -0.2) is 33.4 Å². The van der Waals surface area contributed by atoms with Gasteiger partial charge in [-0.15, -0.1) is 0 Å². The summed E-state index contributed by atoms with van der Waals surface area (Å²) in [7, 11) is -0.281. The molecule has 0 aromatic carbocycles. The van der Waals surface area contributed by atoms with Crippen molar-refractivity contribution in [1.82, 2.24) is 9.62 Å². The van der Waals surface area contributed by atoms with Gasteiger partial charge in [0.05, 0.1) is 6.54 Å². The van der Waals surface area contributed by atoms with Crippen molar-refractivity contribution in [2.24, 2.45) is 0 Å². The first kappa shape index (κ1) is 14.0. The highest BCUT2D eigenvalue weighted by Crippen LogP contribution is 2.18. The summed E-state index contributed by atoms with van der Waals surface area (Å²) < 4.78 is 30.6. The van der Waals surface area contributed by atoms with Crippen molar-refractivity contribution in [3.63, 3.8) is 0 Å². The van der Waals surface area contributed by atoms with Crippen molar-refractivity contribution < 1.29 is 12.8 Å². The second-order valence-corrected chi connectivity index (χ2v) is 5.95. The smallest absolute Gasteiger partial charge is 0.276 e. The molecule has 0 aliphatic carbocycles. The van der Waals surface area contributed by atoms with Crippen LogP contribution in [0.4, 0.5) is 0 Å². The second kappa shape index (κ2) is 5.48. The van der Waals surface area contributed by atoms with E-state index in [0.717, 1.165) is 5.57 Å². The van der Waals surface area contributed by atoms with E-state index in [2.05, 4.69) is 11.9 Å². The Labute approximate surface area is 102 Å². The Morgan fingerprint density at radius 2 is 2.18 bits per heavy atom. The SMILES string of the molecule is C=C(C)CN(C)S(=O)(=O)c1ccc(CNC)o1. The van der Waals surface area contributed by atoms with E-state index in [1.807, 2.05) is 0 Å². The summed E-state index contributed by atoms with van der Waals surface area (Å²) in [4.78, 5) is 0. The number of hydrogen-bond acceptors (Lipinski definition) is 4. The maximum atomic E-state index is 12.1. The molecule has 1 aromatic heterocycles. The summed E-state index contributed by atoms with van der Waals surface area (Å²) >= 11 is 0. The zero-order chi connectivity index (χ0) is 13.1. The molecule has 0 fully saturated rings. The summed E-state index contributed by atoms with van der Waals surface area (Å²) in [5, 5.41) is 2.86. The van der Waals surface area contributed by atoms with Crippen molar-refractivity contribution in [3.05, 3.63) is 30.0 Å². The van der Waals surface area contributed by atoms with E-state index in [9.17, 15) is 8.42 Å². The largest absolute Gasteiger partial charge is 0.447 e. The van der Waals surface area contributed by atoms with Gasteiger partial charge < -0.3 is 9.73 Å². The molecule has 1 rings (SSSR count). The van der Waals surface area contributed by atoms with Gasteiger partial charge in [-0.1, -0.05) is 12.2 Å². The van der Waals surface area contributed by atoms with Crippen molar-refractivity contribution in [1.29, 1.82) is 0 Å². The summed E-state index contributed by atoms with van der Waals surface area (Å²) in [6.07, 6.45) is 0. The maximum absolute atomic E-state index is 12.1. The molecule has 5 nitrogen and oxygen atoms in total. The van der Waals surface area contributed by atoms with E-state index >= 15 is 0 Å². The molecular formula is C11H18N2O3S. The molecule has 96 valence electrons. The lowest BCUT2D eigenvalue weighted by Gasteiger charge is -2.14. The molecule has 1 heterocycles. The highest BCUT2D eigenvalue weighted by Gasteiger charge is 2.24. The van der Waals surface area contributed by atoms with Crippen LogP contribution in [0, 0.1) is 0 Å². The third kappa shape index (κ3) is 3.42. The van der Waals surface area contributed by atoms with E-state index in [-0.39, 0.29) is 11.6 Å². The van der Waals surface area contributed by atoms with Gasteiger partial charge in [-0.2, -0.15) is 4.31 Å². The lowest BCUT2D eigenvalue weighted by molar-refractivity contribution is 0.388. The van der Waals surface area contributed by atoms with Crippen LogP contribution >= 0.6 is 0 Å². The first-order valence-corrected chi connectivity index (χ1v) is 6.66. The molecule has 0 saturated carbocycles. The van der Waals surface area contributed by atoms with Crippen molar-refractivity contribution in [2.45, 2.75) is 18.6 Å². The fourth-order valence-electron chi connectivity index (χ4n) is 1.38. The number of nitrogens with one attached hydrogen (secondary N) is 1. The first-order chi connectivity index (χ1) is 7.87. The fraction of sp³-hybridized carbons (Fsp3) is 0.455. The van der Waals surface area contributed by atoms with Crippen LogP contribution in [0.15, 0.2) is 33.8 Å². The molecule has 0 saturated heterocycles. The Morgan fingerprint density at radius 3 is 2.71 bits per heavy atom. The Balaban J connectivity index is 2.92. The van der Waals surface area contributed by atoms with Crippen LogP contribution in [-0.2, 0) is 16.6 Å². The maximum Gasteiger partial charge on any atom is 0.276 e. The van der Waals surface area contributed by atoms with E-state index in [4.69, 9.17) is 4.42 Å². The van der Waals surface area contributed by atoms with Gasteiger partial charge in [0.25, 0.3) is 10.0 Å². The number of hydrogen-bond donors (Lipinski definition) is 1. The van der Waals surface area contributed by atoms with Crippen LogP contribution in [0.3, 0.4) is 0 Å².